The van der Waals surface area contributed by atoms with Gasteiger partial charge in [0.2, 0.25) is 10.0 Å². The number of carbonyl (C=O) groups is 3. The Labute approximate surface area is 122 Å². The molecule has 0 heterocycles. The van der Waals surface area contributed by atoms with Crippen LogP contribution in [0.15, 0.2) is 0 Å². The highest BCUT2D eigenvalue weighted by Crippen LogP contribution is 2.01. The maximum atomic E-state index is 11.4. The average molecular weight is 325 g/mol. The van der Waals surface area contributed by atoms with Gasteiger partial charge >= 0.3 is 12.0 Å². The molecule has 0 bridgehead atoms. The lowest BCUT2D eigenvalue weighted by atomic mass is 10.1. The number of nitrogens with one attached hydrogen (secondary N) is 3. The number of carbonyl (C=O) groups excluding carboxylic acids is 2. The van der Waals surface area contributed by atoms with Crippen LogP contribution in [0.25, 0.3) is 0 Å². The number of hydrogen-bond donors (Lipinski definition) is 4. The molecule has 0 rings (SSSR count). The summed E-state index contributed by atoms with van der Waals surface area (Å²) in [6.07, 6.45) is 0.984. The molecule has 0 saturated heterocycles. The van der Waals surface area contributed by atoms with Crippen molar-refractivity contribution in [1.82, 2.24) is 15.4 Å². The molecule has 0 aromatic carbocycles. The smallest absolute Gasteiger partial charge is 0.329 e. The van der Waals surface area contributed by atoms with Crippen molar-refractivity contribution >= 4 is 27.9 Å². The standard InChI is InChI=1S/C10H19N3O7S/c1-10(2,13-21(3,18)19)6-11-9(17)12-7(14)4-20-5-8(15)16/h13H,4-6H2,1-3H3,(H,15,16)(H2,11,12,14,17). The molecule has 0 radical (unpaired) electrons. The maximum absolute atomic E-state index is 11.4. The third kappa shape index (κ3) is 11.8. The average Bonchev–Trinajstić information content (AvgIpc) is 2.22. The largest absolute Gasteiger partial charge is 0.480 e. The Morgan fingerprint density at radius 1 is 1.19 bits per heavy atom. The van der Waals surface area contributed by atoms with Gasteiger partial charge in [0, 0.05) is 12.1 Å². The van der Waals surface area contributed by atoms with Crippen molar-refractivity contribution in [2.45, 2.75) is 19.4 Å². The summed E-state index contributed by atoms with van der Waals surface area (Å²) in [5.74, 6) is -2.05. The van der Waals surface area contributed by atoms with Crippen LogP contribution in [-0.2, 0) is 24.3 Å². The second-order valence-corrected chi connectivity index (χ2v) is 6.62. The number of urea groups is 1. The molecule has 0 aromatic rings. The van der Waals surface area contributed by atoms with E-state index >= 15 is 0 Å². The van der Waals surface area contributed by atoms with E-state index in [9.17, 15) is 22.8 Å². The van der Waals surface area contributed by atoms with Gasteiger partial charge in [0.25, 0.3) is 5.91 Å². The number of carboxylic acids is 1. The second kappa shape index (κ2) is 7.90. The topological polar surface area (TPSA) is 151 Å². The zero-order chi connectivity index (χ0) is 16.7. The second-order valence-electron chi connectivity index (χ2n) is 4.88. The zero-order valence-corrected chi connectivity index (χ0v) is 12.7. The van der Waals surface area contributed by atoms with Crippen molar-refractivity contribution in [3.8, 4) is 0 Å². The van der Waals surface area contributed by atoms with Gasteiger partial charge in [-0.15, -0.1) is 0 Å². The van der Waals surface area contributed by atoms with Crippen LogP contribution in [0.1, 0.15) is 13.8 Å². The molecule has 0 aromatic heterocycles. The molecule has 0 saturated carbocycles. The van der Waals surface area contributed by atoms with E-state index in [-0.39, 0.29) is 6.54 Å². The minimum absolute atomic E-state index is 0.0604. The van der Waals surface area contributed by atoms with Crippen LogP contribution in [0, 0.1) is 0 Å². The van der Waals surface area contributed by atoms with Gasteiger partial charge in [-0.25, -0.2) is 22.7 Å². The molecule has 11 heteroatoms. The van der Waals surface area contributed by atoms with Crippen molar-refractivity contribution in [1.29, 1.82) is 0 Å². The fourth-order valence-electron chi connectivity index (χ4n) is 1.28. The highest BCUT2D eigenvalue weighted by molar-refractivity contribution is 7.88. The third-order valence-electron chi connectivity index (χ3n) is 1.86. The Kier molecular flexibility index (Phi) is 7.26. The molecule has 0 aliphatic rings. The molecule has 3 amide bonds. The van der Waals surface area contributed by atoms with Crippen LogP contribution < -0.4 is 15.4 Å². The maximum Gasteiger partial charge on any atom is 0.329 e. The number of sulfonamides is 1. The molecule has 0 unspecified atom stereocenters. The predicted octanol–water partition coefficient (Wildman–Crippen LogP) is -1.76. The Bertz CT molecular complexity index is 501. The molecular weight excluding hydrogens is 306 g/mol. The number of aliphatic carboxylic acids is 1. The Morgan fingerprint density at radius 2 is 1.76 bits per heavy atom. The monoisotopic (exact) mass is 325 g/mol. The van der Waals surface area contributed by atoms with Gasteiger partial charge < -0.3 is 15.2 Å². The van der Waals surface area contributed by atoms with Crippen molar-refractivity contribution in [2.24, 2.45) is 0 Å². The number of ether oxygens (including phenoxy) is 1. The lowest BCUT2D eigenvalue weighted by molar-refractivity contribution is -0.143. The number of rotatable bonds is 8. The first-order valence-corrected chi connectivity index (χ1v) is 7.66. The van der Waals surface area contributed by atoms with E-state index in [2.05, 4.69) is 14.8 Å². The van der Waals surface area contributed by atoms with E-state index in [0.29, 0.717) is 0 Å². The molecule has 0 aliphatic carbocycles. The lowest BCUT2D eigenvalue weighted by Gasteiger charge is -2.25. The molecule has 0 atom stereocenters. The summed E-state index contributed by atoms with van der Waals surface area (Å²) in [6, 6.07) is -0.845. The van der Waals surface area contributed by atoms with E-state index in [1.54, 1.807) is 13.8 Å². The van der Waals surface area contributed by atoms with E-state index in [0.717, 1.165) is 6.26 Å². The summed E-state index contributed by atoms with van der Waals surface area (Å²) in [5, 5.41) is 12.5. The number of imide groups is 1. The highest BCUT2D eigenvalue weighted by Gasteiger charge is 2.23. The van der Waals surface area contributed by atoms with Crippen molar-refractivity contribution < 1.29 is 32.6 Å². The predicted molar refractivity (Wildman–Crippen MR) is 72.1 cm³/mol. The minimum atomic E-state index is -3.44. The lowest BCUT2D eigenvalue weighted by Crippen LogP contribution is -2.53. The number of amides is 3. The van der Waals surface area contributed by atoms with Crippen LogP contribution in [0.4, 0.5) is 4.79 Å². The van der Waals surface area contributed by atoms with Crippen molar-refractivity contribution in [3.63, 3.8) is 0 Å². The van der Waals surface area contributed by atoms with Gasteiger partial charge in [0.05, 0.1) is 6.26 Å². The summed E-state index contributed by atoms with van der Waals surface area (Å²) >= 11 is 0. The van der Waals surface area contributed by atoms with Crippen LogP contribution >= 0.6 is 0 Å². The molecule has 10 nitrogen and oxygen atoms in total. The summed E-state index contributed by atoms with van der Waals surface area (Å²) in [4.78, 5) is 32.7. The van der Waals surface area contributed by atoms with E-state index in [4.69, 9.17) is 5.11 Å². The molecule has 0 spiro atoms. The number of hydrogen-bond acceptors (Lipinski definition) is 6. The first-order chi connectivity index (χ1) is 9.41. The minimum Gasteiger partial charge on any atom is -0.480 e. The molecule has 0 aliphatic heterocycles. The van der Waals surface area contributed by atoms with Gasteiger partial charge in [0.1, 0.15) is 13.2 Å². The number of carboxylic acid groups (broad SMARTS) is 1. The molecule has 122 valence electrons. The normalized spacial score (nSPS) is 11.8. The SMILES string of the molecule is CC(C)(CNC(=O)NC(=O)COCC(=O)O)NS(C)(=O)=O. The summed E-state index contributed by atoms with van der Waals surface area (Å²) in [5.41, 5.74) is -0.937. The van der Waals surface area contributed by atoms with E-state index in [1.165, 1.54) is 0 Å². The van der Waals surface area contributed by atoms with Crippen LogP contribution in [-0.4, -0.2) is 63.0 Å². The zero-order valence-electron chi connectivity index (χ0n) is 11.9. The third-order valence-corrected chi connectivity index (χ3v) is 2.79. The van der Waals surface area contributed by atoms with Gasteiger partial charge in [0.15, 0.2) is 0 Å². The summed E-state index contributed by atoms with van der Waals surface area (Å²) in [6.45, 7) is 1.80. The van der Waals surface area contributed by atoms with E-state index < -0.39 is 46.7 Å². The first kappa shape index (κ1) is 19.3. The Morgan fingerprint density at radius 3 is 2.24 bits per heavy atom. The molecular formula is C10H19N3O7S. The van der Waals surface area contributed by atoms with Crippen molar-refractivity contribution in [2.75, 3.05) is 26.0 Å². The molecule has 21 heavy (non-hydrogen) atoms. The quantitative estimate of drug-likeness (QED) is 0.413. The van der Waals surface area contributed by atoms with Gasteiger partial charge in [-0.3, -0.25) is 10.1 Å². The van der Waals surface area contributed by atoms with Gasteiger partial charge in [-0.05, 0) is 13.8 Å². The summed E-state index contributed by atoms with van der Waals surface area (Å²) in [7, 11) is -3.44. The van der Waals surface area contributed by atoms with Gasteiger partial charge in [-0.2, -0.15) is 0 Å². The first-order valence-electron chi connectivity index (χ1n) is 5.77. The molecule has 0 fully saturated rings. The van der Waals surface area contributed by atoms with E-state index in [1.807, 2.05) is 5.32 Å². The van der Waals surface area contributed by atoms with Crippen LogP contribution in [0.3, 0.4) is 0 Å². The Balaban J connectivity index is 4.09. The van der Waals surface area contributed by atoms with Crippen LogP contribution in [0.5, 0.6) is 0 Å². The Hall–Kier alpha value is -1.72. The summed E-state index contributed by atoms with van der Waals surface area (Å²) < 4.78 is 29.0. The molecule has 4 N–H and O–H groups in total. The van der Waals surface area contributed by atoms with Crippen LogP contribution in [0.2, 0.25) is 0 Å². The fraction of sp³-hybridized carbons (Fsp3) is 0.700. The highest BCUT2D eigenvalue weighted by atomic mass is 32.2. The van der Waals surface area contributed by atoms with Crippen molar-refractivity contribution in [3.05, 3.63) is 0 Å². The van der Waals surface area contributed by atoms with Gasteiger partial charge in [-0.1, -0.05) is 0 Å². The fourth-order valence-corrected chi connectivity index (χ4v) is 2.35.